The fourth-order valence-corrected chi connectivity index (χ4v) is 3.56. The van der Waals surface area contributed by atoms with E-state index in [-0.39, 0.29) is 6.42 Å². The molecule has 0 saturated heterocycles. The Morgan fingerprint density at radius 2 is 2.08 bits per heavy atom. The second-order valence-corrected chi connectivity index (χ2v) is 6.82. The quantitative estimate of drug-likeness (QED) is 0.561. The number of carbonyl (C=O) groups excluding carboxylic acids is 1. The molecule has 3 atom stereocenters. The second-order valence-electron chi connectivity index (χ2n) is 5.14. The molecule has 1 heterocycles. The molecule has 0 amide bonds. The molecule has 2 rings (SSSR count). The fourth-order valence-electron chi connectivity index (χ4n) is 2.26. The average molecular weight is 359 g/mol. The number of rotatable bonds is 6. The average Bonchev–Trinajstić information content (AvgIpc) is 2.56. The molecule has 1 aromatic rings. The molecule has 0 bridgehead atoms. The SMILES string of the molecule is COC(=O)C[C@H]1C=C[C@H](NS(=O)(=O)c2ccccc2F)[C@@H](CO)O1. The highest BCUT2D eigenvalue weighted by molar-refractivity contribution is 7.89. The smallest absolute Gasteiger partial charge is 0.308 e. The van der Waals surface area contributed by atoms with Crippen LogP contribution in [0.2, 0.25) is 0 Å². The number of methoxy groups -OCH3 is 1. The van der Waals surface area contributed by atoms with E-state index in [1.807, 2.05) is 0 Å². The monoisotopic (exact) mass is 359 g/mol. The summed E-state index contributed by atoms with van der Waals surface area (Å²) in [6.07, 6.45) is 1.36. The van der Waals surface area contributed by atoms with Gasteiger partial charge in [-0.05, 0) is 12.1 Å². The van der Waals surface area contributed by atoms with E-state index in [0.29, 0.717) is 0 Å². The van der Waals surface area contributed by atoms with Crippen molar-refractivity contribution in [2.75, 3.05) is 13.7 Å². The van der Waals surface area contributed by atoms with E-state index >= 15 is 0 Å². The number of hydrogen-bond acceptors (Lipinski definition) is 6. The Kier molecular flexibility index (Phi) is 6.05. The van der Waals surface area contributed by atoms with Crippen LogP contribution in [0, 0.1) is 5.82 Å². The number of carbonyl (C=O) groups is 1. The predicted molar refractivity (Wildman–Crippen MR) is 82.0 cm³/mol. The molecule has 0 saturated carbocycles. The lowest BCUT2D eigenvalue weighted by Gasteiger charge is -2.31. The molecular formula is C15H18FNO6S. The summed E-state index contributed by atoms with van der Waals surface area (Å²) in [6.45, 7) is -0.480. The van der Waals surface area contributed by atoms with Crippen LogP contribution in [0.1, 0.15) is 6.42 Å². The number of sulfonamides is 1. The van der Waals surface area contributed by atoms with Gasteiger partial charge in [-0.15, -0.1) is 0 Å². The first-order valence-electron chi connectivity index (χ1n) is 7.15. The highest BCUT2D eigenvalue weighted by Gasteiger charge is 2.32. The number of esters is 1. The number of hydrogen-bond donors (Lipinski definition) is 2. The van der Waals surface area contributed by atoms with Gasteiger partial charge in [0.2, 0.25) is 10.0 Å². The van der Waals surface area contributed by atoms with Gasteiger partial charge in [0.15, 0.2) is 0 Å². The summed E-state index contributed by atoms with van der Waals surface area (Å²) in [7, 11) is -2.90. The van der Waals surface area contributed by atoms with Gasteiger partial charge >= 0.3 is 5.97 Å². The summed E-state index contributed by atoms with van der Waals surface area (Å²) in [6, 6.07) is 4.07. The van der Waals surface area contributed by atoms with Crippen molar-refractivity contribution >= 4 is 16.0 Å². The Balaban J connectivity index is 2.15. The van der Waals surface area contributed by atoms with Crippen LogP contribution in [-0.4, -0.2) is 51.5 Å². The van der Waals surface area contributed by atoms with Crippen LogP contribution in [0.4, 0.5) is 4.39 Å². The van der Waals surface area contributed by atoms with Crippen molar-refractivity contribution in [1.29, 1.82) is 0 Å². The maximum absolute atomic E-state index is 13.7. The zero-order chi connectivity index (χ0) is 17.7. The molecule has 0 spiro atoms. The van der Waals surface area contributed by atoms with Crippen molar-refractivity contribution in [2.45, 2.75) is 29.6 Å². The minimum Gasteiger partial charge on any atom is -0.469 e. The van der Waals surface area contributed by atoms with Gasteiger partial charge in [0.05, 0.1) is 32.3 Å². The number of halogens is 1. The summed E-state index contributed by atoms with van der Waals surface area (Å²) in [5.41, 5.74) is 0. The van der Waals surface area contributed by atoms with Crippen LogP contribution >= 0.6 is 0 Å². The second kappa shape index (κ2) is 7.84. The van der Waals surface area contributed by atoms with Gasteiger partial charge < -0.3 is 14.6 Å². The lowest BCUT2D eigenvalue weighted by atomic mass is 10.1. The minimum absolute atomic E-state index is 0.0592. The van der Waals surface area contributed by atoms with Crippen molar-refractivity contribution < 1.29 is 32.2 Å². The van der Waals surface area contributed by atoms with E-state index in [0.717, 1.165) is 12.1 Å². The zero-order valence-electron chi connectivity index (χ0n) is 12.9. The molecule has 0 aromatic heterocycles. The largest absolute Gasteiger partial charge is 0.469 e. The van der Waals surface area contributed by atoms with E-state index in [1.54, 1.807) is 0 Å². The van der Waals surface area contributed by atoms with Crippen LogP contribution in [0.5, 0.6) is 0 Å². The number of aliphatic hydroxyl groups is 1. The number of aliphatic hydroxyl groups excluding tert-OH is 1. The van der Waals surface area contributed by atoms with Gasteiger partial charge in [0.25, 0.3) is 0 Å². The molecule has 0 radical (unpaired) electrons. The van der Waals surface area contributed by atoms with E-state index in [1.165, 1.54) is 31.4 Å². The van der Waals surface area contributed by atoms with Gasteiger partial charge in [-0.25, -0.2) is 17.5 Å². The topological polar surface area (TPSA) is 102 Å². The molecular weight excluding hydrogens is 341 g/mol. The molecule has 24 heavy (non-hydrogen) atoms. The van der Waals surface area contributed by atoms with Gasteiger partial charge in [-0.2, -0.15) is 0 Å². The van der Waals surface area contributed by atoms with Crippen molar-refractivity contribution in [3.05, 3.63) is 42.2 Å². The first-order chi connectivity index (χ1) is 11.4. The fraction of sp³-hybridized carbons (Fsp3) is 0.400. The number of ether oxygens (including phenoxy) is 2. The van der Waals surface area contributed by atoms with Crippen molar-refractivity contribution in [3.8, 4) is 0 Å². The van der Waals surface area contributed by atoms with Crippen molar-refractivity contribution in [3.63, 3.8) is 0 Å². The number of nitrogens with one attached hydrogen (secondary N) is 1. The highest BCUT2D eigenvalue weighted by atomic mass is 32.2. The van der Waals surface area contributed by atoms with Gasteiger partial charge in [-0.1, -0.05) is 24.3 Å². The molecule has 2 N–H and O–H groups in total. The third-order valence-corrected chi connectivity index (χ3v) is 4.97. The molecule has 0 fully saturated rings. The Labute approximate surface area is 139 Å². The summed E-state index contributed by atoms with van der Waals surface area (Å²) in [5, 5.41) is 9.41. The summed E-state index contributed by atoms with van der Waals surface area (Å²) >= 11 is 0. The van der Waals surface area contributed by atoms with Gasteiger partial charge in [0, 0.05) is 0 Å². The molecule has 1 aliphatic rings. The van der Waals surface area contributed by atoms with Crippen molar-refractivity contribution in [1.82, 2.24) is 4.72 Å². The lowest BCUT2D eigenvalue weighted by Crippen LogP contribution is -2.48. The molecule has 1 aliphatic heterocycles. The molecule has 0 aliphatic carbocycles. The third kappa shape index (κ3) is 4.38. The Bertz CT molecular complexity index is 720. The Morgan fingerprint density at radius 1 is 1.38 bits per heavy atom. The molecule has 0 unspecified atom stereocenters. The normalized spacial score (nSPS) is 23.9. The first kappa shape index (κ1) is 18.5. The number of benzene rings is 1. The van der Waals surface area contributed by atoms with E-state index in [2.05, 4.69) is 9.46 Å². The standard InChI is InChI=1S/C15H18FNO6S/c1-22-15(19)8-10-6-7-12(13(9-18)23-10)17-24(20,21)14-5-3-2-4-11(14)16/h2-7,10,12-13,17-18H,8-9H2,1H3/t10-,12+,13-/m1/s1. The first-order valence-corrected chi connectivity index (χ1v) is 8.64. The Morgan fingerprint density at radius 3 is 2.71 bits per heavy atom. The predicted octanol–water partition coefficient (Wildman–Crippen LogP) is 0.352. The third-order valence-electron chi connectivity index (χ3n) is 3.48. The maximum Gasteiger partial charge on any atom is 0.308 e. The summed E-state index contributed by atoms with van der Waals surface area (Å²) in [5.74, 6) is -1.37. The van der Waals surface area contributed by atoms with Crippen LogP contribution in [-0.2, 0) is 24.3 Å². The molecule has 7 nitrogen and oxygen atoms in total. The Hall–Kier alpha value is -1.81. The van der Waals surface area contributed by atoms with Crippen LogP contribution < -0.4 is 4.72 Å². The van der Waals surface area contributed by atoms with E-state index in [4.69, 9.17) is 4.74 Å². The summed E-state index contributed by atoms with van der Waals surface area (Å²) in [4.78, 5) is 10.8. The molecule has 1 aromatic carbocycles. The van der Waals surface area contributed by atoms with Crippen LogP contribution in [0.3, 0.4) is 0 Å². The highest BCUT2D eigenvalue weighted by Crippen LogP contribution is 2.19. The minimum atomic E-state index is -4.14. The lowest BCUT2D eigenvalue weighted by molar-refractivity contribution is -0.144. The van der Waals surface area contributed by atoms with Crippen molar-refractivity contribution in [2.24, 2.45) is 0 Å². The van der Waals surface area contributed by atoms with Gasteiger partial charge in [-0.3, -0.25) is 4.79 Å². The van der Waals surface area contributed by atoms with E-state index < -0.39 is 51.6 Å². The maximum atomic E-state index is 13.7. The zero-order valence-corrected chi connectivity index (χ0v) is 13.7. The van der Waals surface area contributed by atoms with Crippen LogP contribution in [0.25, 0.3) is 0 Å². The molecule has 132 valence electrons. The van der Waals surface area contributed by atoms with E-state index in [9.17, 15) is 22.7 Å². The molecule has 9 heteroatoms. The van der Waals surface area contributed by atoms with Gasteiger partial charge in [0.1, 0.15) is 16.8 Å². The summed E-state index contributed by atoms with van der Waals surface area (Å²) < 4.78 is 50.6. The van der Waals surface area contributed by atoms with Crippen LogP contribution in [0.15, 0.2) is 41.3 Å².